The highest BCUT2D eigenvalue weighted by molar-refractivity contribution is 5.07. The maximum atomic E-state index is 2.44. The van der Waals surface area contributed by atoms with Gasteiger partial charge in [0.1, 0.15) is 0 Å². The van der Waals surface area contributed by atoms with Crippen LogP contribution < -0.4 is 0 Å². The van der Waals surface area contributed by atoms with Crippen molar-refractivity contribution in [3.05, 3.63) is 11.6 Å². The minimum absolute atomic E-state index is 0.907. The highest BCUT2D eigenvalue weighted by Crippen LogP contribution is 2.24. The van der Waals surface area contributed by atoms with Gasteiger partial charge < -0.3 is 0 Å². The highest BCUT2D eigenvalue weighted by Gasteiger charge is 2.07. The predicted molar refractivity (Wildman–Crippen MR) is 46.0 cm³/mol. The van der Waals surface area contributed by atoms with Gasteiger partial charge in [0.15, 0.2) is 0 Å². The predicted octanol–water partition coefficient (Wildman–Crippen LogP) is 3.53. The molecule has 0 spiro atoms. The smallest absolute Gasteiger partial charge is 0.0295 e. The Morgan fingerprint density at radius 3 is 2.90 bits per heavy atom. The zero-order chi connectivity index (χ0) is 7.40. The molecular weight excluding hydrogens is 120 g/mol. The second kappa shape index (κ2) is 3.80. The quantitative estimate of drug-likeness (QED) is 0.523. The molecule has 0 aromatic heterocycles. The molecular formula is C10H18. The largest absolute Gasteiger partial charge is 0.0853 e. The van der Waals surface area contributed by atoms with Crippen LogP contribution in [-0.2, 0) is 0 Å². The van der Waals surface area contributed by atoms with Crippen molar-refractivity contribution >= 4 is 0 Å². The number of hydrogen-bond donors (Lipinski definition) is 0. The average molecular weight is 138 g/mol. The van der Waals surface area contributed by atoms with Crippen LogP contribution in [0.1, 0.15) is 46.0 Å². The first-order valence-electron chi connectivity index (χ1n) is 4.50. The van der Waals surface area contributed by atoms with E-state index >= 15 is 0 Å². The fraction of sp³-hybridized carbons (Fsp3) is 0.800. The number of allylic oxidation sites excluding steroid dienone is 2. The molecule has 0 saturated carbocycles. The third kappa shape index (κ3) is 2.17. The summed E-state index contributed by atoms with van der Waals surface area (Å²) in [7, 11) is 0. The van der Waals surface area contributed by atoms with Crippen LogP contribution in [0.4, 0.5) is 0 Å². The van der Waals surface area contributed by atoms with E-state index in [4.69, 9.17) is 0 Å². The highest BCUT2D eigenvalue weighted by atomic mass is 14.1. The summed E-state index contributed by atoms with van der Waals surface area (Å²) in [5.74, 6) is 0.907. The molecule has 0 heteroatoms. The Hall–Kier alpha value is -0.260. The van der Waals surface area contributed by atoms with Crippen LogP contribution in [0, 0.1) is 5.92 Å². The van der Waals surface area contributed by atoms with Crippen LogP contribution in [0.5, 0.6) is 0 Å². The van der Waals surface area contributed by atoms with Gasteiger partial charge in [-0.2, -0.15) is 0 Å². The van der Waals surface area contributed by atoms with Crippen LogP contribution in [0.15, 0.2) is 11.6 Å². The zero-order valence-corrected chi connectivity index (χ0v) is 7.19. The molecule has 0 N–H and O–H groups in total. The van der Waals surface area contributed by atoms with Gasteiger partial charge in [0, 0.05) is 0 Å². The van der Waals surface area contributed by atoms with E-state index in [-0.39, 0.29) is 0 Å². The minimum Gasteiger partial charge on any atom is -0.0853 e. The van der Waals surface area contributed by atoms with Gasteiger partial charge in [-0.3, -0.25) is 0 Å². The van der Waals surface area contributed by atoms with Crippen LogP contribution in [0.3, 0.4) is 0 Å². The molecule has 0 aromatic rings. The van der Waals surface area contributed by atoms with Gasteiger partial charge in [0.05, 0.1) is 0 Å². The fourth-order valence-corrected chi connectivity index (χ4v) is 1.51. The van der Waals surface area contributed by atoms with Crippen molar-refractivity contribution in [2.24, 2.45) is 5.92 Å². The lowest BCUT2D eigenvalue weighted by atomic mass is 9.99. The lowest BCUT2D eigenvalue weighted by Crippen LogP contribution is -1.92. The van der Waals surface area contributed by atoms with Crippen molar-refractivity contribution in [1.82, 2.24) is 0 Å². The van der Waals surface area contributed by atoms with Gasteiger partial charge in [0.25, 0.3) is 0 Å². The molecule has 1 rings (SSSR count). The molecule has 1 atom stereocenters. The van der Waals surface area contributed by atoms with Crippen molar-refractivity contribution < 1.29 is 0 Å². The summed E-state index contributed by atoms with van der Waals surface area (Å²) in [6.45, 7) is 4.62. The first-order chi connectivity index (χ1) is 4.83. The van der Waals surface area contributed by atoms with Crippen molar-refractivity contribution in [2.45, 2.75) is 46.0 Å². The van der Waals surface area contributed by atoms with Gasteiger partial charge in [-0.1, -0.05) is 31.9 Å². The van der Waals surface area contributed by atoms with Gasteiger partial charge in [0.2, 0.25) is 0 Å². The molecule has 0 amide bonds. The SMILES string of the molecule is CCC(C)CC1=CCCC1. The van der Waals surface area contributed by atoms with E-state index in [9.17, 15) is 0 Å². The van der Waals surface area contributed by atoms with Crippen molar-refractivity contribution in [3.8, 4) is 0 Å². The molecule has 0 saturated heterocycles. The number of rotatable bonds is 3. The van der Waals surface area contributed by atoms with Crippen molar-refractivity contribution in [1.29, 1.82) is 0 Å². The molecule has 0 bridgehead atoms. The monoisotopic (exact) mass is 138 g/mol. The summed E-state index contributed by atoms with van der Waals surface area (Å²) in [5.41, 5.74) is 1.72. The van der Waals surface area contributed by atoms with E-state index in [1.54, 1.807) is 5.57 Å². The van der Waals surface area contributed by atoms with E-state index in [1.807, 2.05) is 0 Å². The summed E-state index contributed by atoms with van der Waals surface area (Å²) < 4.78 is 0. The third-order valence-corrected chi connectivity index (χ3v) is 2.44. The van der Waals surface area contributed by atoms with E-state index in [0.717, 1.165) is 5.92 Å². The fourth-order valence-electron chi connectivity index (χ4n) is 1.51. The summed E-state index contributed by atoms with van der Waals surface area (Å²) in [6.07, 6.45) is 9.25. The van der Waals surface area contributed by atoms with E-state index in [2.05, 4.69) is 19.9 Å². The molecule has 0 nitrogen and oxygen atoms in total. The summed E-state index contributed by atoms with van der Waals surface area (Å²) in [5, 5.41) is 0. The lowest BCUT2D eigenvalue weighted by Gasteiger charge is -2.07. The molecule has 1 aliphatic carbocycles. The van der Waals surface area contributed by atoms with Gasteiger partial charge in [-0.25, -0.2) is 0 Å². The Balaban J connectivity index is 2.23. The lowest BCUT2D eigenvalue weighted by molar-refractivity contribution is 0.550. The second-order valence-corrected chi connectivity index (χ2v) is 3.47. The Labute approximate surface area is 64.3 Å². The minimum atomic E-state index is 0.907. The molecule has 0 heterocycles. The number of hydrogen-bond acceptors (Lipinski definition) is 0. The van der Waals surface area contributed by atoms with E-state index in [1.165, 1.54) is 32.1 Å². The van der Waals surface area contributed by atoms with Crippen LogP contribution in [0.25, 0.3) is 0 Å². The molecule has 10 heavy (non-hydrogen) atoms. The Bertz CT molecular complexity index is 122. The van der Waals surface area contributed by atoms with Gasteiger partial charge in [-0.15, -0.1) is 0 Å². The van der Waals surface area contributed by atoms with Crippen molar-refractivity contribution in [3.63, 3.8) is 0 Å². The molecule has 1 unspecified atom stereocenters. The van der Waals surface area contributed by atoms with Gasteiger partial charge in [-0.05, 0) is 31.6 Å². The van der Waals surface area contributed by atoms with Gasteiger partial charge >= 0.3 is 0 Å². The third-order valence-electron chi connectivity index (χ3n) is 2.44. The molecule has 58 valence electrons. The maximum Gasteiger partial charge on any atom is -0.0295 e. The van der Waals surface area contributed by atoms with E-state index < -0.39 is 0 Å². The molecule has 1 aliphatic rings. The maximum absolute atomic E-state index is 2.44. The topological polar surface area (TPSA) is 0 Å². The Morgan fingerprint density at radius 1 is 1.60 bits per heavy atom. The Kier molecular flexibility index (Phi) is 2.98. The van der Waals surface area contributed by atoms with E-state index in [0.29, 0.717) is 0 Å². The standard InChI is InChI=1S/C10H18/c1-3-9(2)8-10-6-4-5-7-10/h6,9H,3-5,7-8H2,1-2H3. The Morgan fingerprint density at radius 2 is 2.40 bits per heavy atom. The van der Waals surface area contributed by atoms with Crippen LogP contribution in [-0.4, -0.2) is 0 Å². The summed E-state index contributed by atoms with van der Waals surface area (Å²) >= 11 is 0. The first-order valence-corrected chi connectivity index (χ1v) is 4.50. The zero-order valence-electron chi connectivity index (χ0n) is 7.19. The summed E-state index contributed by atoms with van der Waals surface area (Å²) in [6, 6.07) is 0. The average Bonchev–Trinajstić information content (AvgIpc) is 2.40. The normalized spacial score (nSPS) is 20.8. The van der Waals surface area contributed by atoms with Crippen LogP contribution in [0.2, 0.25) is 0 Å². The first kappa shape index (κ1) is 7.84. The second-order valence-electron chi connectivity index (χ2n) is 3.47. The van der Waals surface area contributed by atoms with Crippen molar-refractivity contribution in [2.75, 3.05) is 0 Å². The summed E-state index contributed by atoms with van der Waals surface area (Å²) in [4.78, 5) is 0. The van der Waals surface area contributed by atoms with Crippen LogP contribution >= 0.6 is 0 Å². The molecule has 0 fully saturated rings. The molecule has 0 aliphatic heterocycles. The molecule has 0 aromatic carbocycles. The molecule has 0 radical (unpaired) electrons.